The minimum Gasteiger partial charge on any atom is -0.379 e. The molecule has 2 nitrogen and oxygen atoms in total. The van der Waals surface area contributed by atoms with Gasteiger partial charge >= 0.3 is 0 Å². The SMILES string of the molecule is Cc1ccc(CNc2cc(Cl)ccc2C)nc1. The topological polar surface area (TPSA) is 24.9 Å². The molecular formula is C14H15ClN2. The minimum absolute atomic E-state index is 0.710. The summed E-state index contributed by atoms with van der Waals surface area (Å²) in [6.07, 6.45) is 1.88. The van der Waals surface area contributed by atoms with Gasteiger partial charge in [0.05, 0.1) is 12.2 Å². The molecule has 0 aliphatic rings. The summed E-state index contributed by atoms with van der Waals surface area (Å²) >= 11 is 5.96. The minimum atomic E-state index is 0.710. The lowest BCUT2D eigenvalue weighted by atomic mass is 10.2. The van der Waals surface area contributed by atoms with E-state index in [2.05, 4.69) is 23.3 Å². The number of hydrogen-bond acceptors (Lipinski definition) is 2. The van der Waals surface area contributed by atoms with E-state index < -0.39 is 0 Å². The Kier molecular flexibility index (Phi) is 3.64. The summed E-state index contributed by atoms with van der Waals surface area (Å²) in [5.41, 5.74) is 4.43. The Morgan fingerprint density at radius 2 is 2.00 bits per heavy atom. The predicted octanol–water partition coefficient (Wildman–Crippen LogP) is 3.96. The number of benzene rings is 1. The van der Waals surface area contributed by atoms with Gasteiger partial charge in [0.15, 0.2) is 0 Å². The molecule has 1 N–H and O–H groups in total. The molecule has 0 spiro atoms. The first-order valence-electron chi connectivity index (χ1n) is 5.57. The third-order valence-electron chi connectivity index (χ3n) is 2.63. The highest BCUT2D eigenvalue weighted by molar-refractivity contribution is 6.30. The average Bonchev–Trinajstić information content (AvgIpc) is 2.32. The van der Waals surface area contributed by atoms with Crippen molar-refractivity contribution in [2.24, 2.45) is 0 Å². The van der Waals surface area contributed by atoms with Crippen LogP contribution in [0.25, 0.3) is 0 Å². The molecule has 1 aromatic carbocycles. The largest absolute Gasteiger partial charge is 0.379 e. The molecule has 0 saturated heterocycles. The van der Waals surface area contributed by atoms with Crippen molar-refractivity contribution in [2.75, 3.05) is 5.32 Å². The fraction of sp³-hybridized carbons (Fsp3) is 0.214. The van der Waals surface area contributed by atoms with Crippen LogP contribution in [0.5, 0.6) is 0 Å². The van der Waals surface area contributed by atoms with Gasteiger partial charge < -0.3 is 5.32 Å². The van der Waals surface area contributed by atoms with Gasteiger partial charge in [0.1, 0.15) is 0 Å². The smallest absolute Gasteiger partial charge is 0.0594 e. The van der Waals surface area contributed by atoms with Crippen LogP contribution in [0.4, 0.5) is 5.69 Å². The Morgan fingerprint density at radius 3 is 2.71 bits per heavy atom. The number of rotatable bonds is 3. The molecule has 0 saturated carbocycles. The molecule has 88 valence electrons. The Labute approximate surface area is 107 Å². The van der Waals surface area contributed by atoms with Gasteiger partial charge in [0, 0.05) is 16.9 Å². The molecule has 0 bridgehead atoms. The molecule has 0 radical (unpaired) electrons. The zero-order valence-electron chi connectivity index (χ0n) is 10.00. The summed E-state index contributed by atoms with van der Waals surface area (Å²) in [6.45, 7) is 4.80. The van der Waals surface area contributed by atoms with E-state index in [0.29, 0.717) is 6.54 Å². The second-order valence-electron chi connectivity index (χ2n) is 4.14. The van der Waals surface area contributed by atoms with E-state index in [9.17, 15) is 0 Å². The maximum absolute atomic E-state index is 5.96. The fourth-order valence-corrected chi connectivity index (χ4v) is 1.75. The van der Waals surface area contributed by atoms with Crippen LogP contribution in [0.15, 0.2) is 36.5 Å². The number of aryl methyl sites for hydroxylation is 2. The van der Waals surface area contributed by atoms with Crippen molar-refractivity contribution in [2.45, 2.75) is 20.4 Å². The van der Waals surface area contributed by atoms with E-state index in [0.717, 1.165) is 16.4 Å². The Balaban J connectivity index is 2.07. The van der Waals surface area contributed by atoms with Crippen molar-refractivity contribution in [3.63, 3.8) is 0 Å². The van der Waals surface area contributed by atoms with Crippen LogP contribution in [-0.4, -0.2) is 4.98 Å². The molecule has 0 amide bonds. The Bertz CT molecular complexity index is 506. The van der Waals surface area contributed by atoms with Gasteiger partial charge in [-0.1, -0.05) is 23.7 Å². The summed E-state index contributed by atoms with van der Waals surface area (Å²) in [5.74, 6) is 0. The normalized spacial score (nSPS) is 10.3. The number of pyridine rings is 1. The third-order valence-corrected chi connectivity index (χ3v) is 2.87. The lowest BCUT2D eigenvalue weighted by molar-refractivity contribution is 1.03. The van der Waals surface area contributed by atoms with Crippen molar-refractivity contribution in [3.05, 3.63) is 58.4 Å². The predicted molar refractivity (Wildman–Crippen MR) is 72.5 cm³/mol. The highest BCUT2D eigenvalue weighted by atomic mass is 35.5. The summed E-state index contributed by atoms with van der Waals surface area (Å²) in [5, 5.41) is 4.09. The van der Waals surface area contributed by atoms with Crippen LogP contribution in [0.1, 0.15) is 16.8 Å². The zero-order valence-corrected chi connectivity index (χ0v) is 10.8. The van der Waals surface area contributed by atoms with E-state index >= 15 is 0 Å². The van der Waals surface area contributed by atoms with E-state index in [-0.39, 0.29) is 0 Å². The number of anilines is 1. The molecule has 0 fully saturated rings. The van der Waals surface area contributed by atoms with Crippen molar-refractivity contribution in [1.82, 2.24) is 4.98 Å². The molecule has 2 aromatic rings. The van der Waals surface area contributed by atoms with Crippen molar-refractivity contribution in [3.8, 4) is 0 Å². The van der Waals surface area contributed by atoms with Crippen LogP contribution in [-0.2, 0) is 6.54 Å². The van der Waals surface area contributed by atoms with Gasteiger partial charge in [-0.15, -0.1) is 0 Å². The number of hydrogen-bond donors (Lipinski definition) is 1. The molecule has 0 aliphatic heterocycles. The standard InChI is InChI=1S/C14H15ClN2/c1-10-3-6-13(16-8-10)9-17-14-7-12(15)5-4-11(14)2/h3-8,17H,9H2,1-2H3. The maximum Gasteiger partial charge on any atom is 0.0594 e. The molecule has 1 aromatic heterocycles. The average molecular weight is 247 g/mol. The molecule has 2 rings (SSSR count). The molecule has 0 unspecified atom stereocenters. The second kappa shape index (κ2) is 5.19. The van der Waals surface area contributed by atoms with E-state index in [1.165, 1.54) is 11.1 Å². The van der Waals surface area contributed by atoms with Crippen LogP contribution >= 0.6 is 11.6 Å². The maximum atomic E-state index is 5.96. The molecule has 17 heavy (non-hydrogen) atoms. The van der Waals surface area contributed by atoms with Gasteiger partial charge in [0.2, 0.25) is 0 Å². The number of nitrogens with one attached hydrogen (secondary N) is 1. The molecule has 3 heteroatoms. The van der Waals surface area contributed by atoms with Crippen LogP contribution < -0.4 is 5.32 Å². The quantitative estimate of drug-likeness (QED) is 0.887. The Hall–Kier alpha value is -1.54. The third kappa shape index (κ3) is 3.21. The van der Waals surface area contributed by atoms with Gasteiger partial charge in [-0.05, 0) is 43.2 Å². The first-order chi connectivity index (χ1) is 8.15. The van der Waals surface area contributed by atoms with Crippen LogP contribution in [0.2, 0.25) is 5.02 Å². The van der Waals surface area contributed by atoms with Crippen molar-refractivity contribution in [1.29, 1.82) is 0 Å². The lowest BCUT2D eigenvalue weighted by Crippen LogP contribution is -2.02. The van der Waals surface area contributed by atoms with Crippen molar-refractivity contribution >= 4 is 17.3 Å². The van der Waals surface area contributed by atoms with E-state index in [1.54, 1.807) is 0 Å². The molecular weight excluding hydrogens is 232 g/mol. The first kappa shape index (κ1) is 11.9. The van der Waals surface area contributed by atoms with Gasteiger partial charge in [-0.25, -0.2) is 0 Å². The van der Waals surface area contributed by atoms with Crippen LogP contribution in [0.3, 0.4) is 0 Å². The van der Waals surface area contributed by atoms with E-state index in [1.807, 2.05) is 37.4 Å². The zero-order chi connectivity index (χ0) is 12.3. The molecule has 0 aliphatic carbocycles. The summed E-state index contributed by atoms with van der Waals surface area (Å²) in [7, 11) is 0. The summed E-state index contributed by atoms with van der Waals surface area (Å²) in [4.78, 5) is 4.35. The number of nitrogens with zero attached hydrogens (tertiary/aromatic N) is 1. The van der Waals surface area contributed by atoms with E-state index in [4.69, 9.17) is 11.6 Å². The van der Waals surface area contributed by atoms with Gasteiger partial charge in [-0.2, -0.15) is 0 Å². The lowest BCUT2D eigenvalue weighted by Gasteiger charge is -2.09. The second-order valence-corrected chi connectivity index (χ2v) is 4.58. The summed E-state index contributed by atoms with van der Waals surface area (Å²) < 4.78 is 0. The Morgan fingerprint density at radius 1 is 1.18 bits per heavy atom. The molecule has 0 atom stereocenters. The van der Waals surface area contributed by atoms with Gasteiger partial charge in [0.25, 0.3) is 0 Å². The highest BCUT2D eigenvalue weighted by Gasteiger charge is 2.00. The number of aromatic nitrogens is 1. The van der Waals surface area contributed by atoms with Crippen molar-refractivity contribution < 1.29 is 0 Å². The van der Waals surface area contributed by atoms with Gasteiger partial charge in [-0.3, -0.25) is 4.98 Å². The summed E-state index contributed by atoms with van der Waals surface area (Å²) in [6, 6.07) is 9.93. The molecule has 1 heterocycles. The van der Waals surface area contributed by atoms with Crippen LogP contribution in [0, 0.1) is 13.8 Å². The highest BCUT2D eigenvalue weighted by Crippen LogP contribution is 2.20. The fourth-order valence-electron chi connectivity index (χ4n) is 1.57. The number of halogens is 1. The first-order valence-corrected chi connectivity index (χ1v) is 5.94. The monoisotopic (exact) mass is 246 g/mol.